The van der Waals surface area contributed by atoms with Crippen LogP contribution in [0.1, 0.15) is 49.6 Å². The lowest BCUT2D eigenvalue weighted by Gasteiger charge is -2.29. The molecule has 4 N–H and O–H groups in total. The number of fused-ring (bicyclic) bond motifs is 1. The molecule has 3 amide bonds. The number of ether oxygens (including phenoxy) is 2. The molecule has 1 atom stereocenters. The topological polar surface area (TPSA) is 164 Å². The molecule has 0 saturated carbocycles. The number of benzene rings is 1. The Kier molecular flexibility index (Phi) is 8.83. The largest absolute Gasteiger partial charge is 0.444 e. The number of rotatable bonds is 8. The van der Waals surface area contributed by atoms with Gasteiger partial charge in [-0.1, -0.05) is 29.8 Å². The Morgan fingerprint density at radius 2 is 1.95 bits per heavy atom. The highest BCUT2D eigenvalue weighted by Gasteiger charge is 2.35. The zero-order chi connectivity index (χ0) is 28.9. The highest BCUT2D eigenvalue weighted by atomic mass is 16.6. The maximum absolute atomic E-state index is 13.5. The molecular formula is C27H36N8O5. The molecule has 0 aliphatic carbocycles. The SMILES string of the molecule is Cc1cccc(/C=N/Nc2nc3c(c(N4CCOCC4)n2)CN(C(=O)[C@H](CC(N)=O)NC(=O)OC(C)(C)C)C3)c1. The van der Waals surface area contributed by atoms with E-state index in [0.717, 1.165) is 16.7 Å². The van der Waals surface area contributed by atoms with Crippen molar-refractivity contribution >= 4 is 35.9 Å². The van der Waals surface area contributed by atoms with E-state index in [0.29, 0.717) is 43.8 Å². The molecule has 0 bridgehead atoms. The molecule has 0 spiro atoms. The van der Waals surface area contributed by atoms with Crippen molar-refractivity contribution in [2.75, 3.05) is 36.6 Å². The van der Waals surface area contributed by atoms with Crippen LogP contribution in [0.25, 0.3) is 0 Å². The fourth-order valence-corrected chi connectivity index (χ4v) is 4.47. The summed E-state index contributed by atoms with van der Waals surface area (Å²) in [5.74, 6) is -0.220. The summed E-state index contributed by atoms with van der Waals surface area (Å²) in [5, 5.41) is 6.80. The lowest BCUT2D eigenvalue weighted by molar-refractivity contribution is -0.136. The molecule has 13 nitrogen and oxygen atoms in total. The summed E-state index contributed by atoms with van der Waals surface area (Å²) in [7, 11) is 0. The highest BCUT2D eigenvalue weighted by molar-refractivity contribution is 5.91. The van der Waals surface area contributed by atoms with Crippen LogP contribution < -0.4 is 21.4 Å². The van der Waals surface area contributed by atoms with Gasteiger partial charge in [0.05, 0.1) is 44.6 Å². The molecule has 2 aliphatic rings. The quantitative estimate of drug-likeness (QED) is 0.326. The van der Waals surface area contributed by atoms with Gasteiger partial charge in [0.25, 0.3) is 0 Å². The standard InChI is InChI=1S/C27H36N8O5/c1-17-6-5-7-18(12-17)14-29-33-25-30-21-16-35(15-19(21)23(32-25)34-8-10-39-11-9-34)24(37)20(13-22(28)36)31-26(38)40-27(2,3)4/h5-7,12,14,20H,8-11,13,15-16H2,1-4H3,(H2,28,36)(H,31,38)(H,30,32,33)/b29-14+/t20-/m0/s1. The van der Waals surface area contributed by atoms with Crippen LogP contribution in [0.5, 0.6) is 0 Å². The Morgan fingerprint density at radius 3 is 2.62 bits per heavy atom. The Bertz CT molecular complexity index is 1290. The first kappa shape index (κ1) is 28.7. The van der Waals surface area contributed by atoms with Gasteiger partial charge in [-0.15, -0.1) is 0 Å². The number of hydrogen-bond donors (Lipinski definition) is 3. The number of carbonyl (C=O) groups is 3. The number of nitrogens with zero attached hydrogens (tertiary/aromatic N) is 5. The summed E-state index contributed by atoms with van der Waals surface area (Å²) >= 11 is 0. The third-order valence-corrected chi connectivity index (χ3v) is 6.20. The van der Waals surface area contributed by atoms with E-state index in [1.807, 2.05) is 31.2 Å². The average Bonchev–Trinajstić information content (AvgIpc) is 3.31. The fraction of sp³-hybridized carbons (Fsp3) is 0.481. The first-order valence-electron chi connectivity index (χ1n) is 13.1. The zero-order valence-electron chi connectivity index (χ0n) is 23.3. The third kappa shape index (κ3) is 7.65. The maximum atomic E-state index is 13.5. The van der Waals surface area contributed by atoms with Crippen LogP contribution in [0.3, 0.4) is 0 Å². The van der Waals surface area contributed by atoms with Gasteiger partial charge < -0.3 is 30.3 Å². The number of hydrazone groups is 1. The molecule has 2 aromatic rings. The van der Waals surface area contributed by atoms with Crippen molar-refractivity contribution in [1.82, 2.24) is 20.2 Å². The van der Waals surface area contributed by atoms with Crippen molar-refractivity contribution in [2.24, 2.45) is 10.8 Å². The third-order valence-electron chi connectivity index (χ3n) is 6.20. The zero-order valence-corrected chi connectivity index (χ0v) is 23.3. The number of morpholine rings is 1. The minimum atomic E-state index is -1.18. The van der Waals surface area contributed by atoms with Crippen molar-refractivity contribution in [3.8, 4) is 0 Å². The summed E-state index contributed by atoms with van der Waals surface area (Å²) in [6, 6.07) is 6.72. The van der Waals surface area contributed by atoms with Gasteiger partial charge in [-0.05, 0) is 33.3 Å². The fourth-order valence-electron chi connectivity index (χ4n) is 4.47. The molecule has 1 fully saturated rings. The van der Waals surface area contributed by atoms with E-state index in [4.69, 9.17) is 20.2 Å². The molecule has 13 heteroatoms. The second-order valence-electron chi connectivity index (χ2n) is 10.7. The van der Waals surface area contributed by atoms with Crippen molar-refractivity contribution in [2.45, 2.75) is 58.8 Å². The summed E-state index contributed by atoms with van der Waals surface area (Å²) in [4.78, 5) is 50.6. The van der Waals surface area contributed by atoms with Crippen LogP contribution in [0, 0.1) is 6.92 Å². The first-order chi connectivity index (χ1) is 19.0. The molecule has 2 aliphatic heterocycles. The van der Waals surface area contributed by atoms with E-state index < -0.39 is 29.6 Å². The summed E-state index contributed by atoms with van der Waals surface area (Å²) < 4.78 is 10.8. The number of amides is 3. The molecule has 4 rings (SSSR count). The van der Waals surface area contributed by atoms with Gasteiger partial charge >= 0.3 is 6.09 Å². The van der Waals surface area contributed by atoms with Gasteiger partial charge in [-0.3, -0.25) is 9.59 Å². The molecule has 40 heavy (non-hydrogen) atoms. The molecule has 0 unspecified atom stereocenters. The van der Waals surface area contributed by atoms with Gasteiger partial charge in [0.15, 0.2) is 0 Å². The predicted molar refractivity (Wildman–Crippen MR) is 149 cm³/mol. The number of primary amides is 1. The van der Waals surface area contributed by atoms with Gasteiger partial charge in [-0.2, -0.15) is 10.1 Å². The number of aromatic nitrogens is 2. The van der Waals surface area contributed by atoms with Gasteiger partial charge in [0, 0.05) is 18.7 Å². The van der Waals surface area contributed by atoms with Crippen molar-refractivity contribution in [1.29, 1.82) is 0 Å². The first-order valence-corrected chi connectivity index (χ1v) is 13.1. The van der Waals surface area contributed by atoms with Crippen molar-refractivity contribution in [3.05, 3.63) is 46.6 Å². The Hall–Kier alpha value is -4.26. The normalized spacial score (nSPS) is 16.0. The Balaban J connectivity index is 1.56. The summed E-state index contributed by atoms with van der Waals surface area (Å²) in [6.45, 7) is 9.86. The van der Waals surface area contributed by atoms with E-state index in [2.05, 4.69) is 25.7 Å². The number of alkyl carbamates (subject to hydrolysis) is 1. The number of nitrogens with two attached hydrogens (primary N) is 1. The molecule has 0 radical (unpaired) electrons. The number of carbonyl (C=O) groups excluding carboxylic acids is 3. The second-order valence-corrected chi connectivity index (χ2v) is 10.7. The van der Waals surface area contributed by atoms with Crippen LogP contribution in [0.15, 0.2) is 29.4 Å². The van der Waals surface area contributed by atoms with E-state index in [1.165, 1.54) is 4.90 Å². The van der Waals surface area contributed by atoms with Crippen LogP contribution in [-0.4, -0.2) is 76.9 Å². The number of aryl methyl sites for hydroxylation is 1. The smallest absolute Gasteiger partial charge is 0.408 e. The van der Waals surface area contributed by atoms with Gasteiger partial charge in [0.1, 0.15) is 17.5 Å². The molecule has 1 saturated heterocycles. The maximum Gasteiger partial charge on any atom is 0.408 e. The molecule has 3 heterocycles. The summed E-state index contributed by atoms with van der Waals surface area (Å²) in [5.41, 5.74) is 11.0. The Morgan fingerprint density at radius 1 is 1.20 bits per heavy atom. The number of hydrogen-bond acceptors (Lipinski definition) is 10. The lowest BCUT2D eigenvalue weighted by Crippen LogP contribution is -2.50. The molecule has 214 valence electrons. The van der Waals surface area contributed by atoms with Crippen LogP contribution in [0.2, 0.25) is 0 Å². The van der Waals surface area contributed by atoms with E-state index in [-0.39, 0.29) is 19.5 Å². The van der Waals surface area contributed by atoms with Crippen molar-refractivity contribution < 1.29 is 23.9 Å². The minimum absolute atomic E-state index is 0.162. The summed E-state index contributed by atoms with van der Waals surface area (Å²) in [6.07, 6.45) is 0.508. The monoisotopic (exact) mass is 552 g/mol. The number of nitrogens with one attached hydrogen (secondary N) is 2. The molecule has 1 aromatic heterocycles. The van der Waals surface area contributed by atoms with Crippen LogP contribution in [0.4, 0.5) is 16.6 Å². The van der Waals surface area contributed by atoms with E-state index in [1.54, 1.807) is 27.0 Å². The van der Waals surface area contributed by atoms with Crippen LogP contribution >= 0.6 is 0 Å². The average molecular weight is 553 g/mol. The molecular weight excluding hydrogens is 516 g/mol. The molecule has 1 aromatic carbocycles. The minimum Gasteiger partial charge on any atom is -0.444 e. The Labute approximate surface area is 233 Å². The lowest BCUT2D eigenvalue weighted by atomic mass is 10.1. The second kappa shape index (κ2) is 12.3. The highest BCUT2D eigenvalue weighted by Crippen LogP contribution is 2.31. The van der Waals surface area contributed by atoms with Crippen LogP contribution in [-0.2, 0) is 32.2 Å². The number of anilines is 2. The van der Waals surface area contributed by atoms with Crippen molar-refractivity contribution in [3.63, 3.8) is 0 Å². The predicted octanol–water partition coefficient (Wildman–Crippen LogP) is 1.68. The van der Waals surface area contributed by atoms with E-state index >= 15 is 0 Å². The van der Waals surface area contributed by atoms with Gasteiger partial charge in [0.2, 0.25) is 17.8 Å². The van der Waals surface area contributed by atoms with Gasteiger partial charge in [-0.25, -0.2) is 15.2 Å². The van der Waals surface area contributed by atoms with E-state index in [9.17, 15) is 14.4 Å².